The van der Waals surface area contributed by atoms with Crippen LogP contribution in [0.1, 0.15) is 0 Å². The average Bonchev–Trinajstić information content (AvgIpc) is 2.62. The lowest BCUT2D eigenvalue weighted by Crippen LogP contribution is -1.90. The van der Waals surface area contributed by atoms with E-state index in [2.05, 4.69) is 6.07 Å². The van der Waals surface area contributed by atoms with Gasteiger partial charge in [-0.2, -0.15) is 0 Å². The molecular weight excluding hydrogens is 205 g/mol. The van der Waals surface area contributed by atoms with Gasteiger partial charge in [0.2, 0.25) is 0 Å². The van der Waals surface area contributed by atoms with Gasteiger partial charge in [-0.25, -0.2) is 0 Å². The zero-order valence-corrected chi connectivity index (χ0v) is 8.18. The third-order valence-corrected chi connectivity index (χ3v) is 2.56. The first-order chi connectivity index (χ1) is 6.29. The van der Waals surface area contributed by atoms with E-state index in [1.165, 1.54) is 0 Å². The fourth-order valence-electron chi connectivity index (χ4n) is 1.13. The zero-order chi connectivity index (χ0) is 9.26. The van der Waals surface area contributed by atoms with Crippen molar-refractivity contribution in [3.05, 3.63) is 52.8 Å². The third-order valence-electron chi connectivity index (χ3n) is 1.75. The molecule has 0 fully saturated rings. The van der Waals surface area contributed by atoms with Crippen LogP contribution in [0.4, 0.5) is 0 Å². The lowest BCUT2D eigenvalue weighted by molar-refractivity contribution is 1.08. The summed E-state index contributed by atoms with van der Waals surface area (Å²) in [5.74, 6) is 0. The monoisotopic (exact) mass is 210 g/mol. The van der Waals surface area contributed by atoms with Crippen molar-refractivity contribution in [3.63, 3.8) is 0 Å². The molecule has 0 spiro atoms. The van der Waals surface area contributed by atoms with E-state index in [-0.39, 0.29) is 0 Å². The minimum atomic E-state index is 0.563. The van der Waals surface area contributed by atoms with Gasteiger partial charge in [0.25, 0.3) is 0 Å². The zero-order valence-electron chi connectivity index (χ0n) is 6.67. The van der Waals surface area contributed by atoms with E-state index < -0.39 is 0 Å². The van der Waals surface area contributed by atoms with Crippen LogP contribution < -0.4 is 0 Å². The van der Waals surface area contributed by atoms with Crippen molar-refractivity contribution >= 4 is 23.2 Å². The summed E-state index contributed by atoms with van der Waals surface area (Å²) in [6.45, 7) is 0. The Morgan fingerprint density at radius 3 is 2.77 bits per heavy atom. The van der Waals surface area contributed by atoms with Crippen molar-refractivity contribution in [2.24, 2.45) is 0 Å². The Labute approximate surface area is 86.5 Å². The summed E-state index contributed by atoms with van der Waals surface area (Å²) < 4.78 is 1.87. The Bertz CT molecular complexity index is 407. The third kappa shape index (κ3) is 1.58. The first-order valence-corrected chi connectivity index (χ1v) is 4.53. The quantitative estimate of drug-likeness (QED) is 0.679. The van der Waals surface area contributed by atoms with Gasteiger partial charge >= 0.3 is 0 Å². The van der Waals surface area contributed by atoms with Crippen LogP contribution in [-0.4, -0.2) is 4.57 Å². The number of hydrogen-bond acceptors (Lipinski definition) is 0. The minimum Gasteiger partial charge on any atom is -0.322 e. The highest BCUT2D eigenvalue weighted by molar-refractivity contribution is 6.43. The van der Waals surface area contributed by atoms with Crippen molar-refractivity contribution in [3.8, 4) is 5.69 Å². The molecule has 65 valence electrons. The topological polar surface area (TPSA) is 4.93 Å². The number of aromatic nitrogens is 1. The van der Waals surface area contributed by atoms with Crippen molar-refractivity contribution in [1.82, 2.24) is 4.57 Å². The van der Waals surface area contributed by atoms with Crippen molar-refractivity contribution in [1.29, 1.82) is 0 Å². The molecule has 1 nitrogen and oxygen atoms in total. The number of halogens is 2. The van der Waals surface area contributed by atoms with Crippen molar-refractivity contribution < 1.29 is 0 Å². The maximum absolute atomic E-state index is 6.02. The molecule has 0 aliphatic rings. The molecule has 1 radical (unpaired) electrons. The lowest BCUT2D eigenvalue weighted by Gasteiger charge is -2.05. The molecule has 0 saturated carbocycles. The molecule has 0 atom stereocenters. The predicted octanol–water partition coefficient (Wildman–Crippen LogP) is 3.58. The standard InChI is InChI=1S/C10H6Cl2N/c11-8-4-3-5-9(10(8)12)13-6-1-2-7-13/h1,3-7H. The van der Waals surface area contributed by atoms with E-state index >= 15 is 0 Å². The van der Waals surface area contributed by atoms with Gasteiger partial charge < -0.3 is 4.57 Å². The SMILES string of the molecule is Clc1cccc(-n2c[c]cc2)c1Cl. The van der Waals surface area contributed by atoms with Crippen LogP contribution in [-0.2, 0) is 0 Å². The van der Waals surface area contributed by atoms with Crippen LogP contribution >= 0.6 is 23.2 Å². The van der Waals surface area contributed by atoms with Gasteiger partial charge in [0.15, 0.2) is 0 Å². The predicted molar refractivity (Wildman–Crippen MR) is 54.6 cm³/mol. The number of benzene rings is 1. The Hall–Kier alpha value is -0.920. The highest BCUT2D eigenvalue weighted by Crippen LogP contribution is 2.28. The number of hydrogen-bond donors (Lipinski definition) is 0. The molecule has 2 rings (SSSR count). The highest BCUT2D eigenvalue weighted by Gasteiger charge is 2.04. The molecule has 1 heterocycles. The molecule has 3 heteroatoms. The molecule has 0 bridgehead atoms. The summed E-state index contributed by atoms with van der Waals surface area (Å²) in [7, 11) is 0. The summed E-state index contributed by atoms with van der Waals surface area (Å²) in [6.07, 6.45) is 3.68. The summed E-state index contributed by atoms with van der Waals surface area (Å²) in [6, 6.07) is 10.3. The van der Waals surface area contributed by atoms with Gasteiger partial charge in [-0.15, -0.1) is 0 Å². The Morgan fingerprint density at radius 2 is 2.08 bits per heavy atom. The number of rotatable bonds is 1. The van der Waals surface area contributed by atoms with Gasteiger partial charge in [0.05, 0.1) is 15.7 Å². The van der Waals surface area contributed by atoms with Crippen molar-refractivity contribution in [2.75, 3.05) is 0 Å². The van der Waals surface area contributed by atoms with Gasteiger partial charge in [0.1, 0.15) is 0 Å². The molecule has 0 aliphatic heterocycles. The van der Waals surface area contributed by atoms with Gasteiger partial charge in [-0.3, -0.25) is 0 Å². The smallest absolute Gasteiger partial charge is 0.0832 e. The molecule has 0 amide bonds. The molecule has 1 aromatic heterocycles. The normalized spacial score (nSPS) is 10.3. The average molecular weight is 211 g/mol. The molecule has 0 unspecified atom stereocenters. The summed E-state index contributed by atoms with van der Waals surface area (Å²) in [4.78, 5) is 0. The lowest BCUT2D eigenvalue weighted by atomic mass is 10.3. The van der Waals surface area contributed by atoms with Crippen LogP contribution in [0.2, 0.25) is 10.0 Å². The van der Waals surface area contributed by atoms with E-state index in [0.717, 1.165) is 5.69 Å². The highest BCUT2D eigenvalue weighted by atomic mass is 35.5. The van der Waals surface area contributed by atoms with Gasteiger partial charge in [-0.1, -0.05) is 29.3 Å². The minimum absolute atomic E-state index is 0.563. The molecule has 13 heavy (non-hydrogen) atoms. The molecule has 0 aliphatic carbocycles. The Kier molecular flexibility index (Phi) is 2.30. The maximum atomic E-state index is 6.02. The molecule has 1 aromatic carbocycles. The summed E-state index contributed by atoms with van der Waals surface area (Å²) >= 11 is 11.9. The maximum Gasteiger partial charge on any atom is 0.0832 e. The van der Waals surface area contributed by atoms with Gasteiger partial charge in [0, 0.05) is 18.5 Å². The summed E-state index contributed by atoms with van der Waals surface area (Å²) in [5, 5.41) is 1.13. The second-order valence-corrected chi connectivity index (χ2v) is 3.38. The fourth-order valence-corrected chi connectivity index (χ4v) is 1.52. The Balaban J connectivity index is 2.59. The molecule has 0 saturated heterocycles. The van der Waals surface area contributed by atoms with Crippen molar-refractivity contribution in [2.45, 2.75) is 0 Å². The fraction of sp³-hybridized carbons (Fsp3) is 0. The van der Waals surface area contributed by atoms with Crippen LogP contribution in [0.25, 0.3) is 5.69 Å². The first-order valence-electron chi connectivity index (χ1n) is 3.77. The van der Waals surface area contributed by atoms with Crippen LogP contribution in [0.5, 0.6) is 0 Å². The van der Waals surface area contributed by atoms with E-state index in [4.69, 9.17) is 23.2 Å². The molecule has 2 aromatic rings. The van der Waals surface area contributed by atoms with Crippen LogP contribution in [0.3, 0.4) is 0 Å². The molecule has 0 N–H and O–H groups in total. The number of nitrogens with zero attached hydrogens (tertiary/aromatic N) is 1. The first kappa shape index (κ1) is 8.67. The largest absolute Gasteiger partial charge is 0.322 e. The van der Waals surface area contributed by atoms with E-state index in [1.807, 2.05) is 29.0 Å². The van der Waals surface area contributed by atoms with Gasteiger partial charge in [-0.05, 0) is 18.2 Å². The van der Waals surface area contributed by atoms with Crippen LogP contribution in [0, 0.1) is 6.07 Å². The Morgan fingerprint density at radius 1 is 1.23 bits per heavy atom. The second-order valence-electron chi connectivity index (χ2n) is 2.59. The summed E-state index contributed by atoms with van der Waals surface area (Å²) in [5.41, 5.74) is 0.871. The van der Waals surface area contributed by atoms with E-state index in [1.54, 1.807) is 12.3 Å². The van der Waals surface area contributed by atoms with E-state index in [9.17, 15) is 0 Å². The second kappa shape index (κ2) is 3.44. The molecular formula is C10H6Cl2N. The van der Waals surface area contributed by atoms with E-state index in [0.29, 0.717) is 10.0 Å². The van der Waals surface area contributed by atoms with Crippen LogP contribution in [0.15, 0.2) is 36.7 Å².